The second-order valence-electron chi connectivity index (χ2n) is 4.99. The first kappa shape index (κ1) is 14.4. The Labute approximate surface area is 112 Å². The Balaban J connectivity index is 1.71. The first-order valence-corrected chi connectivity index (χ1v) is 6.85. The summed E-state index contributed by atoms with van der Waals surface area (Å²) >= 11 is 0. The molecule has 0 bridgehead atoms. The summed E-state index contributed by atoms with van der Waals surface area (Å²) in [7, 11) is 0. The van der Waals surface area contributed by atoms with Gasteiger partial charge in [-0.15, -0.1) is 0 Å². The Morgan fingerprint density at radius 2 is 2.21 bits per heavy atom. The molecule has 108 valence electrons. The molecule has 1 aromatic rings. The molecule has 0 spiro atoms. The van der Waals surface area contributed by atoms with Gasteiger partial charge in [0.25, 0.3) is 6.43 Å². The summed E-state index contributed by atoms with van der Waals surface area (Å²) in [6, 6.07) is 0.397. The van der Waals surface area contributed by atoms with Gasteiger partial charge in [0.1, 0.15) is 6.26 Å². The third-order valence-corrected chi connectivity index (χ3v) is 3.63. The monoisotopic (exact) mass is 273 g/mol. The zero-order chi connectivity index (χ0) is 13.7. The molecule has 0 aromatic carbocycles. The van der Waals surface area contributed by atoms with Crippen molar-refractivity contribution in [2.45, 2.75) is 45.2 Å². The van der Waals surface area contributed by atoms with Gasteiger partial charge in [0, 0.05) is 18.2 Å². The zero-order valence-corrected chi connectivity index (χ0v) is 11.2. The Morgan fingerprint density at radius 3 is 2.84 bits per heavy atom. The van der Waals surface area contributed by atoms with E-state index in [0.717, 1.165) is 50.2 Å². The third kappa shape index (κ3) is 4.24. The number of halogens is 2. The minimum Gasteiger partial charge on any atom is -0.364 e. The Morgan fingerprint density at radius 1 is 1.47 bits per heavy atom. The van der Waals surface area contributed by atoms with Crippen molar-refractivity contribution in [1.82, 2.24) is 15.4 Å². The quantitative estimate of drug-likeness (QED) is 0.861. The fourth-order valence-corrected chi connectivity index (χ4v) is 2.48. The van der Waals surface area contributed by atoms with E-state index in [-0.39, 0.29) is 6.54 Å². The number of rotatable bonds is 6. The van der Waals surface area contributed by atoms with Crippen LogP contribution in [0, 0.1) is 0 Å². The highest BCUT2D eigenvalue weighted by molar-refractivity contribution is 5.14. The molecule has 2 rings (SSSR count). The van der Waals surface area contributed by atoms with E-state index >= 15 is 0 Å². The zero-order valence-electron chi connectivity index (χ0n) is 11.2. The van der Waals surface area contributed by atoms with E-state index in [9.17, 15) is 8.78 Å². The van der Waals surface area contributed by atoms with Crippen molar-refractivity contribution in [3.63, 3.8) is 0 Å². The number of nitrogens with zero attached hydrogens (tertiary/aromatic N) is 2. The first-order valence-electron chi connectivity index (χ1n) is 6.85. The number of aromatic nitrogens is 1. The number of alkyl halides is 2. The molecular weight excluding hydrogens is 252 g/mol. The first-order chi connectivity index (χ1) is 9.19. The summed E-state index contributed by atoms with van der Waals surface area (Å²) in [5, 5.41) is 7.39. The minimum atomic E-state index is -2.23. The highest BCUT2D eigenvalue weighted by Crippen LogP contribution is 2.13. The highest BCUT2D eigenvalue weighted by Gasteiger charge is 2.21. The number of hydrogen-bond donors (Lipinski definition) is 1. The smallest absolute Gasteiger partial charge is 0.251 e. The van der Waals surface area contributed by atoms with Gasteiger partial charge in [0.05, 0.1) is 12.2 Å². The molecule has 19 heavy (non-hydrogen) atoms. The number of piperidine rings is 1. The van der Waals surface area contributed by atoms with E-state index in [0.29, 0.717) is 6.04 Å². The van der Waals surface area contributed by atoms with Crippen LogP contribution < -0.4 is 5.32 Å². The normalized spacial score (nSPS) is 18.3. The van der Waals surface area contributed by atoms with Gasteiger partial charge >= 0.3 is 0 Å². The van der Waals surface area contributed by atoms with Crippen LogP contribution in [0.3, 0.4) is 0 Å². The van der Waals surface area contributed by atoms with Crippen molar-refractivity contribution in [3.05, 3.63) is 17.5 Å². The molecule has 6 heteroatoms. The van der Waals surface area contributed by atoms with Crippen molar-refractivity contribution < 1.29 is 13.3 Å². The number of nitrogens with one attached hydrogen (secondary N) is 1. The fraction of sp³-hybridized carbons (Fsp3) is 0.769. The maximum Gasteiger partial charge on any atom is 0.251 e. The van der Waals surface area contributed by atoms with Crippen LogP contribution in [-0.4, -0.2) is 42.2 Å². The van der Waals surface area contributed by atoms with E-state index in [2.05, 4.69) is 10.5 Å². The fourth-order valence-electron chi connectivity index (χ4n) is 2.48. The lowest BCUT2D eigenvalue weighted by Gasteiger charge is -2.32. The molecular formula is C13H21F2N3O. The molecule has 2 heterocycles. The Bertz CT molecular complexity index is 376. The molecule has 1 fully saturated rings. The lowest BCUT2D eigenvalue weighted by Crippen LogP contribution is -2.43. The van der Waals surface area contributed by atoms with Crippen LogP contribution in [0.2, 0.25) is 0 Å². The molecule has 4 nitrogen and oxygen atoms in total. The lowest BCUT2D eigenvalue weighted by atomic mass is 10.0. The van der Waals surface area contributed by atoms with Crippen LogP contribution in [0.1, 0.15) is 31.0 Å². The largest absolute Gasteiger partial charge is 0.364 e. The van der Waals surface area contributed by atoms with Crippen LogP contribution in [0.25, 0.3) is 0 Å². The van der Waals surface area contributed by atoms with Crippen LogP contribution in [0.15, 0.2) is 10.8 Å². The maximum absolute atomic E-state index is 12.3. The Kier molecular flexibility index (Phi) is 5.27. The molecule has 0 radical (unpaired) electrons. The molecule has 1 aliphatic heterocycles. The third-order valence-electron chi connectivity index (χ3n) is 3.63. The van der Waals surface area contributed by atoms with E-state index in [1.807, 2.05) is 11.8 Å². The van der Waals surface area contributed by atoms with Gasteiger partial charge in [-0.25, -0.2) is 8.78 Å². The van der Waals surface area contributed by atoms with Gasteiger partial charge in [0.15, 0.2) is 0 Å². The van der Waals surface area contributed by atoms with Crippen molar-refractivity contribution >= 4 is 0 Å². The van der Waals surface area contributed by atoms with Crippen LogP contribution in [-0.2, 0) is 13.0 Å². The number of hydrogen-bond acceptors (Lipinski definition) is 4. The minimum absolute atomic E-state index is 0.0989. The topological polar surface area (TPSA) is 41.3 Å². The van der Waals surface area contributed by atoms with Gasteiger partial charge in [-0.1, -0.05) is 12.1 Å². The van der Waals surface area contributed by atoms with E-state index < -0.39 is 6.43 Å². The van der Waals surface area contributed by atoms with Gasteiger partial charge in [-0.05, 0) is 32.4 Å². The van der Waals surface area contributed by atoms with Crippen molar-refractivity contribution in [2.75, 3.05) is 19.6 Å². The molecule has 1 aliphatic rings. The second kappa shape index (κ2) is 6.96. The van der Waals surface area contributed by atoms with E-state index in [1.165, 1.54) is 0 Å². The molecule has 1 saturated heterocycles. The maximum atomic E-state index is 12.3. The van der Waals surface area contributed by atoms with Crippen LogP contribution >= 0.6 is 0 Å². The molecule has 0 saturated carbocycles. The summed E-state index contributed by atoms with van der Waals surface area (Å²) in [6.07, 6.45) is 2.14. The number of aryl methyl sites for hydroxylation is 1. The molecule has 0 aliphatic carbocycles. The van der Waals surface area contributed by atoms with Gasteiger partial charge < -0.3 is 9.84 Å². The number of likely N-dealkylation sites (tertiary alicyclic amines) is 1. The Hall–Kier alpha value is -1.01. The summed E-state index contributed by atoms with van der Waals surface area (Å²) in [5.41, 5.74) is 2.08. The van der Waals surface area contributed by atoms with Crippen LogP contribution in [0.5, 0.6) is 0 Å². The lowest BCUT2D eigenvalue weighted by molar-refractivity contribution is 0.0729. The predicted molar refractivity (Wildman–Crippen MR) is 68.2 cm³/mol. The summed E-state index contributed by atoms with van der Waals surface area (Å²) < 4.78 is 29.5. The van der Waals surface area contributed by atoms with E-state index in [1.54, 1.807) is 6.26 Å². The average molecular weight is 273 g/mol. The molecule has 0 unspecified atom stereocenters. The SMILES string of the molecule is CCc1nocc1CNC1CCN(CC(F)F)CC1. The standard InChI is InChI=1S/C13H21F2N3O/c1-2-12-10(9-19-17-12)7-16-11-3-5-18(6-4-11)8-13(14)15/h9,11,13,16H,2-8H2,1H3. The molecule has 0 atom stereocenters. The van der Waals surface area contributed by atoms with Gasteiger partial charge in [-0.3, -0.25) is 4.90 Å². The molecule has 0 amide bonds. The van der Waals surface area contributed by atoms with Crippen LogP contribution in [0.4, 0.5) is 8.78 Å². The average Bonchev–Trinajstić information content (AvgIpc) is 2.84. The predicted octanol–water partition coefficient (Wildman–Crippen LogP) is 2.06. The summed E-state index contributed by atoms with van der Waals surface area (Å²) in [4.78, 5) is 1.83. The van der Waals surface area contributed by atoms with Crippen molar-refractivity contribution in [2.24, 2.45) is 0 Å². The van der Waals surface area contributed by atoms with E-state index in [4.69, 9.17) is 4.52 Å². The molecule has 1 aromatic heterocycles. The summed E-state index contributed by atoms with van der Waals surface area (Å²) in [6.45, 7) is 4.17. The summed E-state index contributed by atoms with van der Waals surface area (Å²) in [5.74, 6) is 0. The van der Waals surface area contributed by atoms with Crippen molar-refractivity contribution in [3.8, 4) is 0 Å². The highest BCUT2D eigenvalue weighted by atomic mass is 19.3. The van der Waals surface area contributed by atoms with Crippen molar-refractivity contribution in [1.29, 1.82) is 0 Å². The van der Waals surface area contributed by atoms with Gasteiger partial charge in [-0.2, -0.15) is 0 Å². The van der Waals surface area contributed by atoms with Gasteiger partial charge in [0.2, 0.25) is 0 Å². The second-order valence-corrected chi connectivity index (χ2v) is 4.99. The molecule has 1 N–H and O–H groups in total.